The Balaban J connectivity index is 2.01. The summed E-state index contributed by atoms with van der Waals surface area (Å²) in [6, 6.07) is 5.80. The largest absolute Gasteiger partial charge is 0.489 e. The minimum atomic E-state index is 0.330. The zero-order valence-corrected chi connectivity index (χ0v) is 11.4. The van der Waals surface area contributed by atoms with Crippen molar-refractivity contribution in [3.05, 3.63) is 28.8 Å². The van der Waals surface area contributed by atoms with Crippen LogP contribution in [0.1, 0.15) is 44.1 Å². The van der Waals surface area contributed by atoms with Crippen molar-refractivity contribution in [1.29, 1.82) is 0 Å². The molecule has 0 unspecified atom stereocenters. The molecular weight excluding hydrogens is 255 g/mol. The normalized spacial score (nSPS) is 17.8. The van der Waals surface area contributed by atoms with E-state index in [1.54, 1.807) is 0 Å². The van der Waals surface area contributed by atoms with Crippen LogP contribution in [0.5, 0.6) is 5.75 Å². The molecule has 0 amide bonds. The van der Waals surface area contributed by atoms with Crippen LogP contribution in [0.15, 0.2) is 18.2 Å². The van der Waals surface area contributed by atoms with Gasteiger partial charge in [0.2, 0.25) is 0 Å². The fourth-order valence-corrected chi connectivity index (χ4v) is 2.68. The monoisotopic (exact) mass is 272 g/mol. The van der Waals surface area contributed by atoms with E-state index in [0.29, 0.717) is 17.0 Å². The molecule has 0 atom stereocenters. The molecule has 0 spiro atoms. The van der Waals surface area contributed by atoms with E-state index >= 15 is 0 Å². The van der Waals surface area contributed by atoms with Crippen LogP contribution in [-0.2, 0) is 5.88 Å². The van der Waals surface area contributed by atoms with Gasteiger partial charge in [-0.15, -0.1) is 11.6 Å². The van der Waals surface area contributed by atoms with Crippen LogP contribution in [0.4, 0.5) is 0 Å². The molecule has 2 rings (SSSR count). The molecule has 94 valence electrons. The second kappa shape index (κ2) is 6.51. The Morgan fingerprint density at radius 2 is 1.82 bits per heavy atom. The number of halogens is 2. The van der Waals surface area contributed by atoms with Crippen molar-refractivity contribution >= 4 is 23.2 Å². The lowest BCUT2D eigenvalue weighted by Crippen LogP contribution is -2.15. The van der Waals surface area contributed by atoms with Crippen molar-refractivity contribution in [3.63, 3.8) is 0 Å². The molecule has 1 aromatic rings. The van der Waals surface area contributed by atoms with Crippen LogP contribution in [0, 0.1) is 0 Å². The average Bonchev–Trinajstić information content (AvgIpc) is 2.60. The molecule has 17 heavy (non-hydrogen) atoms. The first kappa shape index (κ1) is 13.0. The number of hydrogen-bond acceptors (Lipinski definition) is 1. The molecule has 1 nitrogen and oxygen atoms in total. The molecule has 0 aromatic heterocycles. The van der Waals surface area contributed by atoms with Gasteiger partial charge >= 0.3 is 0 Å². The van der Waals surface area contributed by atoms with E-state index in [4.69, 9.17) is 27.9 Å². The summed E-state index contributed by atoms with van der Waals surface area (Å²) >= 11 is 11.9. The molecule has 1 aromatic carbocycles. The molecule has 0 bridgehead atoms. The van der Waals surface area contributed by atoms with E-state index in [-0.39, 0.29) is 0 Å². The Morgan fingerprint density at radius 1 is 1.12 bits per heavy atom. The van der Waals surface area contributed by atoms with E-state index in [1.165, 1.54) is 25.7 Å². The molecule has 0 aliphatic heterocycles. The quantitative estimate of drug-likeness (QED) is 0.544. The smallest absolute Gasteiger partial charge is 0.138 e. The van der Waals surface area contributed by atoms with Gasteiger partial charge in [0, 0.05) is 5.88 Å². The van der Waals surface area contributed by atoms with Crippen molar-refractivity contribution in [2.24, 2.45) is 0 Å². The highest BCUT2D eigenvalue weighted by Gasteiger charge is 2.15. The van der Waals surface area contributed by atoms with Crippen molar-refractivity contribution in [1.82, 2.24) is 0 Å². The molecule has 3 heteroatoms. The Labute approximate surface area is 113 Å². The third-order valence-electron chi connectivity index (χ3n) is 3.25. The summed E-state index contributed by atoms with van der Waals surface area (Å²) in [6.45, 7) is 0. The summed E-state index contributed by atoms with van der Waals surface area (Å²) in [5, 5.41) is 0.674. The zero-order chi connectivity index (χ0) is 12.1. The SMILES string of the molecule is ClCc1ccc(OC2CCCCCC2)c(Cl)c1. The second-order valence-corrected chi connectivity index (χ2v) is 5.30. The molecule has 1 fully saturated rings. The summed E-state index contributed by atoms with van der Waals surface area (Å²) in [4.78, 5) is 0. The average molecular weight is 273 g/mol. The zero-order valence-electron chi connectivity index (χ0n) is 9.92. The van der Waals surface area contributed by atoms with Gasteiger partial charge in [-0.25, -0.2) is 0 Å². The molecule has 1 saturated carbocycles. The Morgan fingerprint density at radius 3 is 2.41 bits per heavy atom. The Kier molecular flexibility index (Phi) is 4.99. The fraction of sp³-hybridized carbons (Fsp3) is 0.571. The van der Waals surface area contributed by atoms with Crippen LogP contribution >= 0.6 is 23.2 Å². The molecule has 1 aliphatic carbocycles. The maximum Gasteiger partial charge on any atom is 0.138 e. The number of ether oxygens (including phenoxy) is 1. The number of benzene rings is 1. The molecular formula is C14H18Cl2O. The molecule has 1 aliphatic rings. The topological polar surface area (TPSA) is 9.23 Å². The van der Waals surface area contributed by atoms with E-state index in [1.807, 2.05) is 18.2 Å². The van der Waals surface area contributed by atoms with Crippen molar-refractivity contribution in [2.75, 3.05) is 0 Å². The van der Waals surface area contributed by atoms with Gasteiger partial charge in [-0.1, -0.05) is 30.5 Å². The molecule has 0 radical (unpaired) electrons. The summed E-state index contributed by atoms with van der Waals surface area (Å²) in [5.74, 6) is 1.29. The van der Waals surface area contributed by atoms with Gasteiger partial charge in [-0.05, 0) is 43.4 Å². The molecule has 0 saturated heterocycles. The predicted molar refractivity (Wildman–Crippen MR) is 73.1 cm³/mol. The Hall–Kier alpha value is -0.400. The maximum absolute atomic E-state index is 6.18. The molecule has 0 heterocycles. The first-order valence-electron chi connectivity index (χ1n) is 6.30. The van der Waals surface area contributed by atoms with E-state index < -0.39 is 0 Å². The van der Waals surface area contributed by atoms with Gasteiger partial charge in [0.05, 0.1) is 11.1 Å². The van der Waals surface area contributed by atoms with Crippen LogP contribution in [0.2, 0.25) is 5.02 Å². The predicted octanol–water partition coefficient (Wildman–Crippen LogP) is 5.18. The van der Waals surface area contributed by atoms with Gasteiger partial charge in [-0.2, -0.15) is 0 Å². The summed E-state index contributed by atoms with van der Waals surface area (Å²) in [5.41, 5.74) is 1.03. The number of alkyl halides is 1. The van der Waals surface area contributed by atoms with Crippen LogP contribution in [0.3, 0.4) is 0 Å². The van der Waals surface area contributed by atoms with E-state index in [2.05, 4.69) is 0 Å². The molecule has 0 N–H and O–H groups in total. The van der Waals surface area contributed by atoms with Crippen molar-refractivity contribution in [2.45, 2.75) is 50.5 Å². The van der Waals surface area contributed by atoms with Crippen LogP contribution in [-0.4, -0.2) is 6.10 Å². The highest BCUT2D eigenvalue weighted by Crippen LogP contribution is 2.29. The van der Waals surface area contributed by atoms with Gasteiger partial charge < -0.3 is 4.74 Å². The first-order chi connectivity index (χ1) is 8.29. The fourth-order valence-electron chi connectivity index (χ4n) is 2.26. The standard InChI is InChI=1S/C14H18Cl2O/c15-10-11-7-8-14(13(16)9-11)17-12-5-3-1-2-4-6-12/h7-9,12H,1-6,10H2. The third kappa shape index (κ3) is 3.79. The van der Waals surface area contributed by atoms with Crippen molar-refractivity contribution in [3.8, 4) is 5.75 Å². The minimum absolute atomic E-state index is 0.330. The van der Waals surface area contributed by atoms with Crippen LogP contribution in [0.25, 0.3) is 0 Å². The third-order valence-corrected chi connectivity index (χ3v) is 3.85. The summed E-state index contributed by atoms with van der Waals surface area (Å²) in [7, 11) is 0. The van der Waals surface area contributed by atoms with Gasteiger partial charge in [0.1, 0.15) is 5.75 Å². The Bertz CT molecular complexity index is 357. The van der Waals surface area contributed by atoms with Gasteiger partial charge in [0.15, 0.2) is 0 Å². The lowest BCUT2D eigenvalue weighted by molar-refractivity contribution is 0.184. The highest BCUT2D eigenvalue weighted by molar-refractivity contribution is 6.32. The second-order valence-electron chi connectivity index (χ2n) is 4.63. The number of rotatable bonds is 3. The summed E-state index contributed by atoms with van der Waals surface area (Å²) < 4.78 is 5.99. The minimum Gasteiger partial charge on any atom is -0.489 e. The summed E-state index contributed by atoms with van der Waals surface area (Å²) in [6.07, 6.45) is 7.82. The lowest BCUT2D eigenvalue weighted by atomic mass is 10.1. The van der Waals surface area contributed by atoms with Gasteiger partial charge in [-0.3, -0.25) is 0 Å². The highest BCUT2D eigenvalue weighted by atomic mass is 35.5. The number of hydrogen-bond donors (Lipinski definition) is 0. The maximum atomic E-state index is 6.18. The van der Waals surface area contributed by atoms with E-state index in [0.717, 1.165) is 24.2 Å². The van der Waals surface area contributed by atoms with Crippen LogP contribution < -0.4 is 4.74 Å². The van der Waals surface area contributed by atoms with Gasteiger partial charge in [0.25, 0.3) is 0 Å². The van der Waals surface area contributed by atoms with E-state index in [9.17, 15) is 0 Å². The first-order valence-corrected chi connectivity index (χ1v) is 7.22. The van der Waals surface area contributed by atoms with Crippen molar-refractivity contribution < 1.29 is 4.74 Å². The lowest BCUT2D eigenvalue weighted by Gasteiger charge is -2.18.